The molecule has 0 aliphatic heterocycles. The Kier molecular flexibility index (Phi) is 7.28. The highest BCUT2D eigenvalue weighted by atomic mass is 16.5. The lowest BCUT2D eigenvalue weighted by molar-refractivity contribution is 0.0313. The average molecular weight is 446 g/mol. The number of nitrogens with zero attached hydrogens (tertiary/aromatic N) is 1. The first kappa shape index (κ1) is 22.8. The SMILES string of the molecule is CCCc1nc(Cc2cccc(Oc3ccccc3)c2)c(C)c(C(=O)OC2CCCC2)c1O. The van der Waals surface area contributed by atoms with Crippen LogP contribution in [0, 0.1) is 6.92 Å². The van der Waals surface area contributed by atoms with E-state index in [0.717, 1.165) is 54.9 Å². The summed E-state index contributed by atoms with van der Waals surface area (Å²) in [6.07, 6.45) is 5.81. The molecule has 172 valence electrons. The Morgan fingerprint density at radius 1 is 1.03 bits per heavy atom. The quantitative estimate of drug-likeness (QED) is 0.399. The van der Waals surface area contributed by atoms with Crippen molar-refractivity contribution in [2.45, 2.75) is 64.9 Å². The maximum Gasteiger partial charge on any atom is 0.342 e. The largest absolute Gasteiger partial charge is 0.505 e. The predicted molar refractivity (Wildman–Crippen MR) is 128 cm³/mol. The number of aryl methyl sites for hydroxylation is 1. The van der Waals surface area contributed by atoms with E-state index in [1.54, 1.807) is 0 Å². The third-order valence-electron chi connectivity index (χ3n) is 6.10. The molecule has 3 aromatic rings. The van der Waals surface area contributed by atoms with Crippen LogP contribution in [0.3, 0.4) is 0 Å². The van der Waals surface area contributed by atoms with Crippen LogP contribution >= 0.6 is 0 Å². The van der Waals surface area contributed by atoms with Gasteiger partial charge in [0.05, 0.1) is 5.69 Å². The fourth-order valence-electron chi connectivity index (χ4n) is 4.35. The Morgan fingerprint density at radius 3 is 2.48 bits per heavy atom. The number of benzene rings is 2. The summed E-state index contributed by atoms with van der Waals surface area (Å²) in [6, 6.07) is 17.5. The molecule has 0 radical (unpaired) electrons. The lowest BCUT2D eigenvalue weighted by Gasteiger charge is -2.18. The van der Waals surface area contributed by atoms with E-state index in [4.69, 9.17) is 14.5 Å². The van der Waals surface area contributed by atoms with Crippen molar-refractivity contribution in [2.75, 3.05) is 0 Å². The summed E-state index contributed by atoms with van der Waals surface area (Å²) in [4.78, 5) is 17.8. The van der Waals surface area contributed by atoms with Crippen LogP contribution < -0.4 is 4.74 Å². The summed E-state index contributed by atoms with van der Waals surface area (Å²) in [5.74, 6) is 1.03. The van der Waals surface area contributed by atoms with Gasteiger partial charge in [0.1, 0.15) is 23.2 Å². The van der Waals surface area contributed by atoms with Gasteiger partial charge in [0.2, 0.25) is 0 Å². The van der Waals surface area contributed by atoms with Crippen LogP contribution in [-0.4, -0.2) is 22.2 Å². The van der Waals surface area contributed by atoms with Gasteiger partial charge in [0.25, 0.3) is 0 Å². The molecule has 1 aliphatic carbocycles. The third kappa shape index (κ3) is 5.54. The van der Waals surface area contributed by atoms with E-state index >= 15 is 0 Å². The molecule has 0 spiro atoms. The minimum atomic E-state index is -0.445. The second-order valence-corrected chi connectivity index (χ2v) is 8.65. The van der Waals surface area contributed by atoms with Gasteiger partial charge in [-0.15, -0.1) is 0 Å². The number of aromatic hydroxyl groups is 1. The Balaban J connectivity index is 1.62. The summed E-state index contributed by atoms with van der Waals surface area (Å²) in [7, 11) is 0. The Morgan fingerprint density at radius 2 is 1.76 bits per heavy atom. The zero-order chi connectivity index (χ0) is 23.2. The Hall–Kier alpha value is -3.34. The van der Waals surface area contributed by atoms with Crippen LogP contribution in [0.1, 0.15) is 71.9 Å². The van der Waals surface area contributed by atoms with E-state index in [1.165, 1.54) is 0 Å². The summed E-state index contributed by atoms with van der Waals surface area (Å²) in [5.41, 5.74) is 3.26. The van der Waals surface area contributed by atoms with Gasteiger partial charge in [0, 0.05) is 12.1 Å². The highest BCUT2D eigenvalue weighted by Gasteiger charge is 2.27. The lowest BCUT2D eigenvalue weighted by Crippen LogP contribution is -2.18. The molecule has 0 unspecified atom stereocenters. The van der Waals surface area contributed by atoms with E-state index in [0.29, 0.717) is 24.1 Å². The topological polar surface area (TPSA) is 68.7 Å². The first-order valence-electron chi connectivity index (χ1n) is 11.8. The first-order chi connectivity index (χ1) is 16.0. The second kappa shape index (κ2) is 10.5. The van der Waals surface area contributed by atoms with Crippen molar-refractivity contribution in [2.24, 2.45) is 0 Å². The Bertz CT molecular complexity index is 1100. The average Bonchev–Trinajstić information content (AvgIpc) is 3.31. The van der Waals surface area contributed by atoms with E-state index in [9.17, 15) is 9.90 Å². The number of carbonyl (C=O) groups is 1. The highest BCUT2D eigenvalue weighted by molar-refractivity contribution is 5.94. The molecular formula is C28H31NO4. The summed E-state index contributed by atoms with van der Waals surface area (Å²) in [6.45, 7) is 3.87. The number of hydrogen-bond donors (Lipinski definition) is 1. The van der Waals surface area contributed by atoms with Crippen molar-refractivity contribution in [3.05, 3.63) is 82.7 Å². The van der Waals surface area contributed by atoms with Crippen molar-refractivity contribution < 1.29 is 19.4 Å². The minimum absolute atomic E-state index is 0.0396. The van der Waals surface area contributed by atoms with Gasteiger partial charge in [-0.25, -0.2) is 4.79 Å². The number of aromatic nitrogens is 1. The van der Waals surface area contributed by atoms with Gasteiger partial charge >= 0.3 is 5.97 Å². The molecule has 5 nitrogen and oxygen atoms in total. The summed E-state index contributed by atoms with van der Waals surface area (Å²) < 4.78 is 11.7. The maximum absolute atomic E-state index is 13.0. The van der Waals surface area contributed by atoms with Crippen molar-refractivity contribution in [3.8, 4) is 17.2 Å². The molecule has 4 rings (SSSR count). The van der Waals surface area contributed by atoms with E-state index in [-0.39, 0.29) is 17.4 Å². The van der Waals surface area contributed by atoms with Gasteiger partial charge in [0.15, 0.2) is 5.75 Å². The number of carbonyl (C=O) groups excluding carboxylic acids is 1. The molecule has 2 aromatic carbocycles. The van der Waals surface area contributed by atoms with Gasteiger partial charge < -0.3 is 14.6 Å². The zero-order valence-electron chi connectivity index (χ0n) is 19.3. The van der Waals surface area contributed by atoms with E-state index in [2.05, 4.69) is 0 Å². The second-order valence-electron chi connectivity index (χ2n) is 8.65. The summed E-state index contributed by atoms with van der Waals surface area (Å²) >= 11 is 0. The summed E-state index contributed by atoms with van der Waals surface area (Å²) in [5, 5.41) is 10.9. The normalized spacial score (nSPS) is 13.8. The minimum Gasteiger partial charge on any atom is -0.505 e. The monoisotopic (exact) mass is 445 g/mol. The number of ether oxygens (including phenoxy) is 2. The van der Waals surface area contributed by atoms with Gasteiger partial charge in [-0.1, -0.05) is 43.7 Å². The molecule has 0 atom stereocenters. The molecule has 1 aromatic heterocycles. The Labute approximate surface area is 195 Å². The first-order valence-corrected chi connectivity index (χ1v) is 11.8. The van der Waals surface area contributed by atoms with Crippen LogP contribution in [0.25, 0.3) is 0 Å². The molecule has 1 aliphatic rings. The number of pyridine rings is 1. The predicted octanol–water partition coefficient (Wildman–Crippen LogP) is 6.53. The van der Waals surface area contributed by atoms with Crippen LogP contribution in [-0.2, 0) is 17.6 Å². The molecule has 0 saturated heterocycles. The number of para-hydroxylation sites is 1. The molecule has 1 fully saturated rings. The fourth-order valence-corrected chi connectivity index (χ4v) is 4.35. The number of hydrogen-bond acceptors (Lipinski definition) is 5. The van der Waals surface area contributed by atoms with Crippen LogP contribution in [0.2, 0.25) is 0 Å². The molecule has 1 N–H and O–H groups in total. The van der Waals surface area contributed by atoms with Crippen molar-refractivity contribution in [3.63, 3.8) is 0 Å². The van der Waals surface area contributed by atoms with Crippen LogP contribution in [0.5, 0.6) is 17.2 Å². The maximum atomic E-state index is 13.0. The van der Waals surface area contributed by atoms with Crippen LogP contribution in [0.4, 0.5) is 0 Å². The van der Waals surface area contributed by atoms with E-state index in [1.807, 2.05) is 68.4 Å². The van der Waals surface area contributed by atoms with E-state index < -0.39 is 5.97 Å². The molecule has 0 amide bonds. The molecule has 5 heteroatoms. The van der Waals surface area contributed by atoms with Crippen molar-refractivity contribution in [1.29, 1.82) is 0 Å². The standard InChI is InChI=1S/C28H31NO4/c1-3-10-24-27(30)26(28(31)33-22-14-7-8-15-22)19(2)25(29-24)18-20-11-9-16-23(17-20)32-21-12-5-4-6-13-21/h4-6,9,11-13,16-17,22,30H,3,7-8,10,14-15,18H2,1-2H3. The van der Waals surface area contributed by atoms with Crippen molar-refractivity contribution >= 4 is 5.97 Å². The van der Waals surface area contributed by atoms with Gasteiger partial charge in [-0.05, 0) is 74.4 Å². The van der Waals surface area contributed by atoms with Gasteiger partial charge in [-0.2, -0.15) is 0 Å². The molecule has 1 saturated carbocycles. The third-order valence-corrected chi connectivity index (χ3v) is 6.10. The molecule has 0 bridgehead atoms. The fraction of sp³-hybridized carbons (Fsp3) is 0.357. The smallest absolute Gasteiger partial charge is 0.342 e. The molecule has 33 heavy (non-hydrogen) atoms. The van der Waals surface area contributed by atoms with Crippen molar-refractivity contribution in [1.82, 2.24) is 4.98 Å². The number of rotatable bonds is 8. The number of esters is 1. The highest BCUT2D eigenvalue weighted by Crippen LogP contribution is 2.32. The van der Waals surface area contributed by atoms with Gasteiger partial charge in [-0.3, -0.25) is 4.98 Å². The molecular weight excluding hydrogens is 414 g/mol. The lowest BCUT2D eigenvalue weighted by atomic mass is 9.98. The zero-order valence-corrected chi connectivity index (χ0v) is 19.3. The van der Waals surface area contributed by atoms with Crippen LogP contribution in [0.15, 0.2) is 54.6 Å². The molecule has 1 heterocycles.